The lowest BCUT2D eigenvalue weighted by atomic mass is 9.88. The molecule has 20 heavy (non-hydrogen) atoms. The van der Waals surface area contributed by atoms with E-state index in [1.807, 2.05) is 0 Å². The van der Waals surface area contributed by atoms with Crippen molar-refractivity contribution in [3.63, 3.8) is 0 Å². The van der Waals surface area contributed by atoms with Crippen molar-refractivity contribution in [1.82, 2.24) is 10.2 Å². The third kappa shape index (κ3) is 3.63. The molecule has 2 atom stereocenters. The maximum absolute atomic E-state index is 3.77. The first-order valence-electron chi connectivity index (χ1n) is 7.80. The lowest BCUT2D eigenvalue weighted by Gasteiger charge is -2.38. The summed E-state index contributed by atoms with van der Waals surface area (Å²) in [6, 6.07) is 9.84. The van der Waals surface area contributed by atoms with Gasteiger partial charge in [-0.25, -0.2) is 0 Å². The zero-order valence-electron chi connectivity index (χ0n) is 12.9. The molecule has 1 saturated heterocycles. The number of halogens is 1. The molecule has 1 aliphatic heterocycles. The predicted molar refractivity (Wildman–Crippen MR) is 90.0 cm³/mol. The summed E-state index contributed by atoms with van der Waals surface area (Å²) in [4.78, 5) is 2.69. The Morgan fingerprint density at radius 2 is 2.05 bits per heavy atom. The van der Waals surface area contributed by atoms with E-state index in [2.05, 4.69) is 71.3 Å². The zero-order chi connectivity index (χ0) is 14.5. The van der Waals surface area contributed by atoms with Crippen molar-refractivity contribution in [2.45, 2.75) is 45.2 Å². The Bertz CT molecular complexity index is 419. The van der Waals surface area contributed by atoms with Crippen LogP contribution in [0.3, 0.4) is 0 Å². The average Bonchev–Trinajstić information content (AvgIpc) is 2.62. The highest BCUT2D eigenvalue weighted by atomic mass is 79.9. The molecule has 1 N–H and O–H groups in total. The Labute approximate surface area is 132 Å². The molecule has 1 heterocycles. The van der Waals surface area contributed by atoms with E-state index in [0.29, 0.717) is 18.0 Å². The molecule has 112 valence electrons. The molecule has 1 aromatic rings. The molecule has 1 fully saturated rings. The van der Waals surface area contributed by atoms with Crippen molar-refractivity contribution < 1.29 is 0 Å². The molecule has 0 amide bonds. The van der Waals surface area contributed by atoms with Crippen LogP contribution in [0, 0.1) is 5.92 Å². The molecule has 0 spiro atoms. The number of hydrogen-bond acceptors (Lipinski definition) is 2. The Kier molecular flexibility index (Phi) is 6.06. The maximum Gasteiger partial charge on any atom is 0.0402 e. The van der Waals surface area contributed by atoms with Crippen LogP contribution in [-0.2, 0) is 0 Å². The van der Waals surface area contributed by atoms with E-state index in [4.69, 9.17) is 0 Å². The number of likely N-dealkylation sites (tertiary alicyclic amines) is 1. The van der Waals surface area contributed by atoms with Crippen molar-refractivity contribution in [3.05, 3.63) is 34.3 Å². The van der Waals surface area contributed by atoms with Crippen molar-refractivity contribution in [2.75, 3.05) is 20.1 Å². The van der Waals surface area contributed by atoms with E-state index in [1.54, 1.807) is 0 Å². The molecule has 3 heteroatoms. The smallest absolute Gasteiger partial charge is 0.0402 e. The Hall–Kier alpha value is -0.380. The molecule has 2 unspecified atom stereocenters. The van der Waals surface area contributed by atoms with Gasteiger partial charge in [0.15, 0.2) is 0 Å². The standard InChI is InChI=1S/C17H27BrN2/c1-13(2)20-11-7-6-8-14(12-19-3)17(20)15-9-4-5-10-16(15)18/h4-5,9-10,13-14,17,19H,6-8,11-12H2,1-3H3. The van der Waals surface area contributed by atoms with E-state index in [9.17, 15) is 0 Å². The second-order valence-corrected chi connectivity index (χ2v) is 6.97. The van der Waals surface area contributed by atoms with Gasteiger partial charge in [-0.1, -0.05) is 40.5 Å². The van der Waals surface area contributed by atoms with Crippen LogP contribution in [0.15, 0.2) is 28.7 Å². The topological polar surface area (TPSA) is 15.3 Å². The number of hydrogen-bond donors (Lipinski definition) is 1. The SMILES string of the molecule is CNCC1CCCCN(C(C)C)C1c1ccccc1Br. The normalized spacial score (nSPS) is 24.9. The van der Waals surface area contributed by atoms with Crippen molar-refractivity contribution in [1.29, 1.82) is 0 Å². The van der Waals surface area contributed by atoms with Gasteiger partial charge in [0, 0.05) is 16.6 Å². The highest BCUT2D eigenvalue weighted by Gasteiger charge is 2.32. The summed E-state index contributed by atoms with van der Waals surface area (Å²) in [7, 11) is 2.07. The van der Waals surface area contributed by atoms with E-state index < -0.39 is 0 Å². The Morgan fingerprint density at radius 3 is 2.70 bits per heavy atom. The van der Waals surface area contributed by atoms with Crippen molar-refractivity contribution in [3.8, 4) is 0 Å². The summed E-state index contributed by atoms with van der Waals surface area (Å²) >= 11 is 3.77. The fourth-order valence-electron chi connectivity index (χ4n) is 3.47. The van der Waals surface area contributed by atoms with Crippen LogP contribution in [0.25, 0.3) is 0 Å². The first-order valence-corrected chi connectivity index (χ1v) is 8.59. The third-order valence-corrected chi connectivity index (χ3v) is 5.12. The first-order chi connectivity index (χ1) is 9.65. The van der Waals surface area contributed by atoms with E-state index >= 15 is 0 Å². The van der Waals surface area contributed by atoms with Gasteiger partial charge in [-0.3, -0.25) is 4.90 Å². The van der Waals surface area contributed by atoms with E-state index in [-0.39, 0.29) is 0 Å². The number of benzene rings is 1. The number of nitrogens with zero attached hydrogens (tertiary/aromatic N) is 1. The van der Waals surface area contributed by atoms with E-state index in [1.165, 1.54) is 35.8 Å². The number of nitrogens with one attached hydrogen (secondary N) is 1. The minimum Gasteiger partial charge on any atom is -0.319 e. The van der Waals surface area contributed by atoms with Gasteiger partial charge in [-0.05, 0) is 64.4 Å². The average molecular weight is 339 g/mol. The minimum atomic E-state index is 0.514. The monoisotopic (exact) mass is 338 g/mol. The van der Waals surface area contributed by atoms with Gasteiger partial charge in [-0.2, -0.15) is 0 Å². The zero-order valence-corrected chi connectivity index (χ0v) is 14.5. The highest BCUT2D eigenvalue weighted by Crippen LogP contribution is 2.39. The lowest BCUT2D eigenvalue weighted by molar-refractivity contribution is 0.118. The summed E-state index contributed by atoms with van der Waals surface area (Å²) in [6.45, 7) is 6.95. The molecule has 1 aliphatic rings. The summed E-state index contributed by atoms with van der Waals surface area (Å²) in [5, 5.41) is 3.40. The van der Waals surface area contributed by atoms with E-state index in [0.717, 1.165) is 6.54 Å². The second-order valence-electron chi connectivity index (χ2n) is 6.11. The van der Waals surface area contributed by atoms with Crippen LogP contribution in [0.2, 0.25) is 0 Å². The quantitative estimate of drug-likeness (QED) is 0.884. The largest absolute Gasteiger partial charge is 0.319 e. The van der Waals surface area contributed by atoms with Gasteiger partial charge in [0.05, 0.1) is 0 Å². The predicted octanol–water partition coefficient (Wildman–Crippen LogP) is 4.22. The van der Waals surface area contributed by atoms with Crippen LogP contribution < -0.4 is 5.32 Å². The molecule has 0 radical (unpaired) electrons. The van der Waals surface area contributed by atoms with Crippen LogP contribution >= 0.6 is 15.9 Å². The molecule has 0 aromatic heterocycles. The van der Waals surface area contributed by atoms with Crippen LogP contribution in [0.5, 0.6) is 0 Å². The second kappa shape index (κ2) is 7.58. The van der Waals surface area contributed by atoms with Crippen molar-refractivity contribution in [2.24, 2.45) is 5.92 Å². The van der Waals surface area contributed by atoms with Crippen LogP contribution in [-0.4, -0.2) is 31.1 Å². The van der Waals surface area contributed by atoms with Gasteiger partial charge in [-0.15, -0.1) is 0 Å². The molecule has 0 bridgehead atoms. The van der Waals surface area contributed by atoms with Crippen LogP contribution in [0.4, 0.5) is 0 Å². The fourth-order valence-corrected chi connectivity index (χ4v) is 3.99. The van der Waals surface area contributed by atoms with Gasteiger partial charge in [0.2, 0.25) is 0 Å². The molecule has 0 aliphatic carbocycles. The molecular weight excluding hydrogens is 312 g/mol. The summed E-state index contributed by atoms with van der Waals surface area (Å²) in [6.07, 6.45) is 3.98. The van der Waals surface area contributed by atoms with Gasteiger partial charge < -0.3 is 5.32 Å². The molecule has 2 nitrogen and oxygen atoms in total. The molecular formula is C17H27BrN2. The number of rotatable bonds is 4. The summed E-state index contributed by atoms with van der Waals surface area (Å²) in [5.41, 5.74) is 1.45. The maximum atomic E-state index is 3.77. The third-order valence-electron chi connectivity index (χ3n) is 4.40. The first kappa shape index (κ1) is 16.0. The Morgan fingerprint density at radius 1 is 1.30 bits per heavy atom. The lowest BCUT2D eigenvalue weighted by Crippen LogP contribution is -2.40. The highest BCUT2D eigenvalue weighted by molar-refractivity contribution is 9.10. The fraction of sp³-hybridized carbons (Fsp3) is 0.647. The Balaban J connectivity index is 2.39. The summed E-state index contributed by atoms with van der Waals surface area (Å²) < 4.78 is 1.25. The molecule has 1 aromatic carbocycles. The van der Waals surface area contributed by atoms with Gasteiger partial charge in [0.1, 0.15) is 0 Å². The summed E-state index contributed by atoms with van der Waals surface area (Å²) in [5.74, 6) is 0.684. The van der Waals surface area contributed by atoms with Crippen molar-refractivity contribution >= 4 is 15.9 Å². The van der Waals surface area contributed by atoms with Crippen LogP contribution in [0.1, 0.15) is 44.7 Å². The molecule has 2 rings (SSSR count). The minimum absolute atomic E-state index is 0.514. The molecule has 0 saturated carbocycles. The van der Waals surface area contributed by atoms with Gasteiger partial charge >= 0.3 is 0 Å². The van der Waals surface area contributed by atoms with Gasteiger partial charge in [0.25, 0.3) is 0 Å².